The molecule has 0 fully saturated rings. The van der Waals surface area contributed by atoms with Crippen molar-refractivity contribution < 1.29 is 0 Å². The van der Waals surface area contributed by atoms with Gasteiger partial charge in [0.1, 0.15) is 0 Å². The first-order valence-electron chi connectivity index (χ1n) is 5.71. The lowest BCUT2D eigenvalue weighted by atomic mass is 10.1. The van der Waals surface area contributed by atoms with Gasteiger partial charge in [-0.3, -0.25) is 4.99 Å². The summed E-state index contributed by atoms with van der Waals surface area (Å²) in [6.07, 6.45) is 0.999. The van der Waals surface area contributed by atoms with Crippen molar-refractivity contribution >= 4 is 23.2 Å². The van der Waals surface area contributed by atoms with Crippen molar-refractivity contribution in [2.75, 3.05) is 0 Å². The van der Waals surface area contributed by atoms with E-state index in [2.05, 4.69) is 54.4 Å². The Labute approximate surface area is 106 Å². The first-order chi connectivity index (χ1) is 8.31. The van der Waals surface area contributed by atoms with E-state index in [0.717, 1.165) is 12.1 Å². The lowest BCUT2D eigenvalue weighted by Gasteiger charge is -2.03. The monoisotopic (exact) mass is 239 g/mol. The minimum atomic E-state index is 0.999. The molecule has 2 aromatic rings. The Kier molecular flexibility index (Phi) is 2.73. The predicted octanol–water partition coefficient (Wildman–Crippen LogP) is 4.49. The molecule has 2 aromatic carbocycles. The molecule has 1 aliphatic heterocycles. The van der Waals surface area contributed by atoms with Gasteiger partial charge in [0.15, 0.2) is 0 Å². The zero-order valence-electron chi connectivity index (χ0n) is 9.68. The number of hydrogen-bond donors (Lipinski definition) is 0. The summed E-state index contributed by atoms with van der Waals surface area (Å²) in [6, 6.07) is 17.0. The Morgan fingerprint density at radius 3 is 2.65 bits per heavy atom. The maximum atomic E-state index is 4.51. The van der Waals surface area contributed by atoms with Crippen LogP contribution in [0.1, 0.15) is 12.5 Å². The van der Waals surface area contributed by atoms with Gasteiger partial charge in [-0.05, 0) is 42.8 Å². The molecule has 0 N–H and O–H groups in total. The molecule has 2 heteroatoms. The van der Waals surface area contributed by atoms with Crippen molar-refractivity contribution in [3.8, 4) is 0 Å². The second kappa shape index (κ2) is 4.38. The molecule has 17 heavy (non-hydrogen) atoms. The minimum absolute atomic E-state index is 0.999. The van der Waals surface area contributed by atoms with E-state index in [1.807, 2.05) is 6.07 Å². The van der Waals surface area contributed by atoms with Crippen LogP contribution in [0.4, 0.5) is 5.69 Å². The van der Waals surface area contributed by atoms with Crippen LogP contribution in [0.5, 0.6) is 0 Å². The Morgan fingerprint density at radius 2 is 1.82 bits per heavy atom. The summed E-state index contributed by atoms with van der Waals surface area (Å²) >= 11 is 1.80. The summed E-state index contributed by atoms with van der Waals surface area (Å²) < 4.78 is 0. The molecule has 0 saturated carbocycles. The van der Waals surface area contributed by atoms with Crippen LogP contribution >= 0.6 is 11.8 Å². The smallest absolute Gasteiger partial charge is 0.0665 e. The number of fused-ring (bicyclic) bond motifs is 1. The molecule has 1 heterocycles. The molecule has 0 unspecified atom stereocenters. The average molecular weight is 239 g/mol. The third kappa shape index (κ3) is 2.27. The Bertz CT molecular complexity index is 573. The van der Waals surface area contributed by atoms with Gasteiger partial charge in [0.05, 0.1) is 5.69 Å². The number of benzene rings is 2. The van der Waals surface area contributed by atoms with Crippen LogP contribution in [-0.2, 0) is 6.42 Å². The van der Waals surface area contributed by atoms with Gasteiger partial charge >= 0.3 is 0 Å². The summed E-state index contributed by atoms with van der Waals surface area (Å²) in [6.45, 7) is 2.09. The van der Waals surface area contributed by atoms with Gasteiger partial charge in [-0.2, -0.15) is 0 Å². The summed E-state index contributed by atoms with van der Waals surface area (Å²) in [5.74, 6) is 0. The number of rotatable bonds is 2. The first-order valence-corrected chi connectivity index (χ1v) is 6.53. The Hall–Kier alpha value is -1.54. The third-order valence-corrected chi connectivity index (χ3v) is 3.78. The highest BCUT2D eigenvalue weighted by Crippen LogP contribution is 2.33. The molecule has 1 aliphatic rings. The van der Waals surface area contributed by atoms with Crippen molar-refractivity contribution in [2.45, 2.75) is 23.1 Å². The normalized spacial score (nSPS) is 13.4. The minimum Gasteiger partial charge on any atom is -0.257 e. The second-order valence-corrected chi connectivity index (χ2v) is 5.38. The molecule has 0 spiro atoms. The molecule has 0 radical (unpaired) electrons. The molecule has 0 amide bonds. The van der Waals surface area contributed by atoms with Gasteiger partial charge in [-0.15, -0.1) is 0 Å². The fraction of sp³-hybridized carbons (Fsp3) is 0.133. The molecular formula is C15H13NS. The van der Waals surface area contributed by atoms with E-state index in [1.54, 1.807) is 11.8 Å². The van der Waals surface area contributed by atoms with Crippen LogP contribution in [0.3, 0.4) is 0 Å². The molecule has 0 saturated heterocycles. The van der Waals surface area contributed by atoms with Crippen molar-refractivity contribution in [1.29, 1.82) is 0 Å². The van der Waals surface area contributed by atoms with Crippen molar-refractivity contribution in [3.63, 3.8) is 0 Å². The fourth-order valence-corrected chi connectivity index (χ4v) is 2.92. The molecule has 0 atom stereocenters. The summed E-state index contributed by atoms with van der Waals surface area (Å²) in [7, 11) is 0. The number of aliphatic imine (C=N–C) groups is 1. The number of nitrogens with zero attached hydrogens (tertiary/aromatic N) is 1. The molecule has 0 aromatic heterocycles. The van der Waals surface area contributed by atoms with Crippen molar-refractivity contribution in [1.82, 2.24) is 0 Å². The highest BCUT2D eigenvalue weighted by Gasteiger charge is 2.11. The van der Waals surface area contributed by atoms with Crippen LogP contribution in [0.2, 0.25) is 0 Å². The molecule has 0 bridgehead atoms. The molecular weight excluding hydrogens is 226 g/mol. The molecule has 0 aliphatic carbocycles. The molecule has 1 nitrogen and oxygen atoms in total. The highest BCUT2D eigenvalue weighted by molar-refractivity contribution is 7.99. The molecule has 84 valence electrons. The Morgan fingerprint density at radius 1 is 1.00 bits per heavy atom. The zero-order valence-corrected chi connectivity index (χ0v) is 10.5. The lowest BCUT2D eigenvalue weighted by molar-refractivity contribution is 1.31. The van der Waals surface area contributed by atoms with Crippen LogP contribution in [0.25, 0.3) is 0 Å². The van der Waals surface area contributed by atoms with E-state index >= 15 is 0 Å². The molecule has 3 rings (SSSR count). The summed E-state index contributed by atoms with van der Waals surface area (Å²) in [5, 5.41) is 0. The van der Waals surface area contributed by atoms with Gasteiger partial charge < -0.3 is 0 Å². The third-order valence-electron chi connectivity index (χ3n) is 2.79. The van der Waals surface area contributed by atoms with Crippen LogP contribution in [0, 0.1) is 0 Å². The van der Waals surface area contributed by atoms with Crippen molar-refractivity contribution in [2.24, 2.45) is 4.99 Å². The average Bonchev–Trinajstić information content (AvgIpc) is 2.70. The van der Waals surface area contributed by atoms with E-state index in [0.29, 0.717) is 0 Å². The topological polar surface area (TPSA) is 12.4 Å². The predicted molar refractivity (Wildman–Crippen MR) is 73.5 cm³/mol. The number of hydrogen-bond acceptors (Lipinski definition) is 2. The van der Waals surface area contributed by atoms with E-state index in [4.69, 9.17) is 0 Å². The standard InChI is InChI=1S/C15H13NS/c1-11-9-12-10-14(7-8-15(12)16-11)17-13-5-3-2-4-6-13/h2-8,10H,9H2,1H3. The highest BCUT2D eigenvalue weighted by atomic mass is 32.2. The van der Waals surface area contributed by atoms with Crippen LogP contribution in [0.15, 0.2) is 63.3 Å². The fourth-order valence-electron chi connectivity index (χ4n) is 2.02. The largest absolute Gasteiger partial charge is 0.257 e. The van der Waals surface area contributed by atoms with E-state index in [9.17, 15) is 0 Å². The van der Waals surface area contributed by atoms with Gasteiger partial charge in [0, 0.05) is 21.9 Å². The quantitative estimate of drug-likeness (QED) is 0.752. The Balaban J connectivity index is 1.86. The zero-order chi connectivity index (χ0) is 11.7. The van der Waals surface area contributed by atoms with Gasteiger partial charge in [0.2, 0.25) is 0 Å². The lowest BCUT2D eigenvalue weighted by Crippen LogP contribution is -1.88. The van der Waals surface area contributed by atoms with Crippen LogP contribution in [-0.4, -0.2) is 5.71 Å². The van der Waals surface area contributed by atoms with Gasteiger partial charge in [-0.25, -0.2) is 0 Å². The van der Waals surface area contributed by atoms with E-state index in [1.165, 1.54) is 21.1 Å². The second-order valence-electron chi connectivity index (χ2n) is 4.23. The maximum Gasteiger partial charge on any atom is 0.0665 e. The van der Waals surface area contributed by atoms with E-state index in [-0.39, 0.29) is 0 Å². The summed E-state index contributed by atoms with van der Waals surface area (Å²) in [4.78, 5) is 7.08. The van der Waals surface area contributed by atoms with Gasteiger partial charge in [0.25, 0.3) is 0 Å². The van der Waals surface area contributed by atoms with Gasteiger partial charge in [-0.1, -0.05) is 30.0 Å². The maximum absolute atomic E-state index is 4.51. The van der Waals surface area contributed by atoms with Crippen LogP contribution < -0.4 is 0 Å². The van der Waals surface area contributed by atoms with Crippen molar-refractivity contribution in [3.05, 3.63) is 54.1 Å². The summed E-state index contributed by atoms with van der Waals surface area (Å²) in [5.41, 5.74) is 3.70. The van der Waals surface area contributed by atoms with E-state index < -0.39 is 0 Å². The SMILES string of the molecule is CC1=Nc2ccc(Sc3ccccc3)cc2C1. The first kappa shape index (κ1) is 10.6.